The van der Waals surface area contributed by atoms with Crippen LogP contribution in [-0.2, 0) is 0 Å². The van der Waals surface area contributed by atoms with E-state index in [0.29, 0.717) is 0 Å². The molecule has 1 fully saturated rings. The minimum absolute atomic E-state index is 0.720. The lowest BCUT2D eigenvalue weighted by Crippen LogP contribution is -2.44. The third kappa shape index (κ3) is 1.51. The fourth-order valence-electron chi connectivity index (χ4n) is 1.61. The summed E-state index contributed by atoms with van der Waals surface area (Å²) >= 11 is 0. The Labute approximate surface area is 64.4 Å². The molecule has 0 radical (unpaired) electrons. The van der Waals surface area contributed by atoms with Gasteiger partial charge in [0.05, 0.1) is 0 Å². The molecule has 0 aromatic carbocycles. The van der Waals surface area contributed by atoms with Crippen LogP contribution in [-0.4, -0.2) is 24.0 Å². The molecular weight excluding hydrogens is 122 g/mol. The molecule has 1 heteroatoms. The standard InChI is InChI=1S/C9H19N/c1-7(2)10(4)9-5-8(3)6-9/h7-9H,5-6H2,1-4H3. The molecule has 0 unspecified atom stereocenters. The maximum atomic E-state index is 2.49. The Morgan fingerprint density at radius 2 is 1.80 bits per heavy atom. The highest BCUT2D eigenvalue weighted by molar-refractivity contribution is 4.84. The van der Waals surface area contributed by atoms with Gasteiger partial charge in [-0.2, -0.15) is 0 Å². The number of hydrogen-bond donors (Lipinski definition) is 0. The molecule has 0 spiro atoms. The molecule has 0 atom stereocenters. The highest BCUT2D eigenvalue weighted by Gasteiger charge is 2.29. The summed E-state index contributed by atoms with van der Waals surface area (Å²) in [6.07, 6.45) is 2.82. The first kappa shape index (κ1) is 8.06. The van der Waals surface area contributed by atoms with E-state index in [1.165, 1.54) is 12.8 Å². The number of rotatable bonds is 2. The van der Waals surface area contributed by atoms with Gasteiger partial charge in [-0.05, 0) is 39.7 Å². The molecule has 0 amide bonds. The quantitative estimate of drug-likeness (QED) is 0.569. The van der Waals surface area contributed by atoms with Crippen LogP contribution in [0.4, 0.5) is 0 Å². The lowest BCUT2D eigenvalue weighted by Gasteiger charge is -2.41. The van der Waals surface area contributed by atoms with Gasteiger partial charge in [-0.25, -0.2) is 0 Å². The van der Waals surface area contributed by atoms with Gasteiger partial charge in [0.15, 0.2) is 0 Å². The molecule has 1 aliphatic carbocycles. The van der Waals surface area contributed by atoms with Gasteiger partial charge in [0.2, 0.25) is 0 Å². The van der Waals surface area contributed by atoms with Crippen molar-refractivity contribution in [1.82, 2.24) is 4.90 Å². The summed E-state index contributed by atoms with van der Waals surface area (Å²) in [5, 5.41) is 0. The van der Waals surface area contributed by atoms with Crippen LogP contribution >= 0.6 is 0 Å². The summed E-state index contributed by atoms with van der Waals surface area (Å²) in [5.74, 6) is 0.978. The van der Waals surface area contributed by atoms with E-state index in [-0.39, 0.29) is 0 Å². The molecule has 0 aromatic rings. The lowest BCUT2D eigenvalue weighted by molar-refractivity contribution is 0.0854. The maximum absolute atomic E-state index is 2.49. The second-order valence-electron chi connectivity index (χ2n) is 3.99. The largest absolute Gasteiger partial charge is 0.301 e. The number of hydrogen-bond acceptors (Lipinski definition) is 1. The van der Waals surface area contributed by atoms with E-state index in [2.05, 4.69) is 32.7 Å². The van der Waals surface area contributed by atoms with Crippen LogP contribution in [0.2, 0.25) is 0 Å². The van der Waals surface area contributed by atoms with Crippen LogP contribution in [0, 0.1) is 5.92 Å². The second-order valence-corrected chi connectivity index (χ2v) is 3.99. The zero-order valence-electron chi connectivity index (χ0n) is 7.59. The number of nitrogens with zero attached hydrogens (tertiary/aromatic N) is 1. The smallest absolute Gasteiger partial charge is 0.01000 e. The Balaban J connectivity index is 2.24. The molecule has 1 rings (SSSR count). The van der Waals surface area contributed by atoms with Crippen LogP contribution < -0.4 is 0 Å². The Bertz CT molecular complexity index is 103. The van der Waals surface area contributed by atoms with Crippen LogP contribution in [0.25, 0.3) is 0 Å². The molecule has 0 aliphatic heterocycles. The Morgan fingerprint density at radius 1 is 1.30 bits per heavy atom. The van der Waals surface area contributed by atoms with Crippen LogP contribution in [0.5, 0.6) is 0 Å². The van der Waals surface area contributed by atoms with Gasteiger partial charge in [-0.15, -0.1) is 0 Å². The van der Waals surface area contributed by atoms with Gasteiger partial charge < -0.3 is 4.90 Å². The molecule has 0 N–H and O–H groups in total. The van der Waals surface area contributed by atoms with Crippen molar-refractivity contribution in [2.75, 3.05) is 7.05 Å². The Morgan fingerprint density at radius 3 is 2.10 bits per heavy atom. The molecular formula is C9H19N. The summed E-state index contributed by atoms with van der Waals surface area (Å²) < 4.78 is 0. The third-order valence-electron chi connectivity index (χ3n) is 2.74. The first-order valence-electron chi connectivity index (χ1n) is 4.33. The van der Waals surface area contributed by atoms with E-state index in [1.54, 1.807) is 0 Å². The highest BCUT2D eigenvalue weighted by atomic mass is 15.2. The molecule has 0 saturated heterocycles. The molecule has 1 saturated carbocycles. The first-order chi connectivity index (χ1) is 4.61. The molecule has 1 aliphatic rings. The van der Waals surface area contributed by atoms with Crippen molar-refractivity contribution < 1.29 is 0 Å². The maximum Gasteiger partial charge on any atom is 0.01000 e. The summed E-state index contributed by atoms with van der Waals surface area (Å²) in [4.78, 5) is 2.49. The normalized spacial score (nSPS) is 33.0. The van der Waals surface area contributed by atoms with E-state index in [9.17, 15) is 0 Å². The zero-order valence-corrected chi connectivity index (χ0v) is 7.59. The van der Waals surface area contributed by atoms with E-state index in [0.717, 1.165) is 18.0 Å². The monoisotopic (exact) mass is 141 g/mol. The van der Waals surface area contributed by atoms with E-state index >= 15 is 0 Å². The SMILES string of the molecule is CC1CC(N(C)C(C)C)C1. The fourth-order valence-corrected chi connectivity index (χ4v) is 1.61. The van der Waals surface area contributed by atoms with E-state index in [1.807, 2.05) is 0 Å². The van der Waals surface area contributed by atoms with Gasteiger partial charge in [-0.3, -0.25) is 0 Å². The van der Waals surface area contributed by atoms with Gasteiger partial charge in [-0.1, -0.05) is 6.92 Å². The third-order valence-corrected chi connectivity index (χ3v) is 2.74. The van der Waals surface area contributed by atoms with Crippen LogP contribution in [0.15, 0.2) is 0 Å². The van der Waals surface area contributed by atoms with Gasteiger partial charge in [0, 0.05) is 12.1 Å². The summed E-state index contributed by atoms with van der Waals surface area (Å²) in [5.41, 5.74) is 0. The van der Waals surface area contributed by atoms with Gasteiger partial charge >= 0.3 is 0 Å². The van der Waals surface area contributed by atoms with Crippen LogP contribution in [0.3, 0.4) is 0 Å². The van der Waals surface area contributed by atoms with Crippen molar-refractivity contribution >= 4 is 0 Å². The predicted octanol–water partition coefficient (Wildman–Crippen LogP) is 2.13. The molecule has 60 valence electrons. The second kappa shape index (κ2) is 2.91. The minimum Gasteiger partial charge on any atom is -0.301 e. The summed E-state index contributed by atoms with van der Waals surface area (Å²) in [7, 11) is 2.24. The molecule has 10 heavy (non-hydrogen) atoms. The summed E-state index contributed by atoms with van der Waals surface area (Å²) in [6.45, 7) is 6.87. The fraction of sp³-hybridized carbons (Fsp3) is 1.00. The molecule has 0 heterocycles. The van der Waals surface area contributed by atoms with Crippen molar-refractivity contribution in [3.05, 3.63) is 0 Å². The average molecular weight is 141 g/mol. The highest BCUT2D eigenvalue weighted by Crippen LogP contribution is 2.30. The zero-order chi connectivity index (χ0) is 7.72. The summed E-state index contributed by atoms with van der Waals surface area (Å²) in [6, 6.07) is 1.60. The van der Waals surface area contributed by atoms with Crippen molar-refractivity contribution in [2.45, 2.75) is 45.7 Å². The van der Waals surface area contributed by atoms with E-state index < -0.39 is 0 Å². The van der Waals surface area contributed by atoms with Crippen molar-refractivity contribution in [3.8, 4) is 0 Å². The molecule has 0 aromatic heterocycles. The van der Waals surface area contributed by atoms with Gasteiger partial charge in [0.1, 0.15) is 0 Å². The molecule has 0 bridgehead atoms. The van der Waals surface area contributed by atoms with E-state index in [4.69, 9.17) is 0 Å². The van der Waals surface area contributed by atoms with Crippen molar-refractivity contribution in [1.29, 1.82) is 0 Å². The topological polar surface area (TPSA) is 3.24 Å². The van der Waals surface area contributed by atoms with Crippen molar-refractivity contribution in [3.63, 3.8) is 0 Å². The molecule has 1 nitrogen and oxygen atoms in total. The average Bonchev–Trinajstić information content (AvgIpc) is 1.79. The Hall–Kier alpha value is -0.0400. The Kier molecular flexibility index (Phi) is 2.35. The first-order valence-corrected chi connectivity index (χ1v) is 4.33. The predicted molar refractivity (Wildman–Crippen MR) is 45.1 cm³/mol. The lowest BCUT2D eigenvalue weighted by atomic mass is 9.80. The van der Waals surface area contributed by atoms with Crippen molar-refractivity contribution in [2.24, 2.45) is 5.92 Å². The van der Waals surface area contributed by atoms with Crippen LogP contribution in [0.1, 0.15) is 33.6 Å². The minimum atomic E-state index is 0.720. The van der Waals surface area contributed by atoms with Gasteiger partial charge in [0.25, 0.3) is 0 Å².